The minimum Gasteiger partial charge on any atom is -0.487 e. The number of nitrogens with zero attached hydrogens (tertiary/aromatic N) is 1. The third kappa shape index (κ3) is 3.09. The highest BCUT2D eigenvalue weighted by molar-refractivity contribution is 9.10. The highest BCUT2D eigenvalue weighted by Crippen LogP contribution is 2.34. The second-order valence-corrected chi connectivity index (χ2v) is 6.15. The first-order chi connectivity index (χ1) is 9.02. The van der Waals surface area contributed by atoms with Gasteiger partial charge in [-0.25, -0.2) is 4.39 Å². The maximum atomic E-state index is 14.1. The molecular formula is C15H17BrFNO. The van der Waals surface area contributed by atoms with Gasteiger partial charge in [-0.1, -0.05) is 13.8 Å². The highest BCUT2D eigenvalue weighted by Gasteiger charge is 2.26. The van der Waals surface area contributed by atoms with Crippen LogP contribution in [0.5, 0.6) is 5.75 Å². The molecule has 0 N–H and O–H groups in total. The van der Waals surface area contributed by atoms with E-state index in [1.54, 1.807) is 12.1 Å². The summed E-state index contributed by atoms with van der Waals surface area (Å²) in [5, 5.41) is 8.83. The number of nitriles is 1. The molecule has 0 aromatic heterocycles. The minimum absolute atomic E-state index is 0.0699. The van der Waals surface area contributed by atoms with E-state index in [1.165, 1.54) is 0 Å². The maximum absolute atomic E-state index is 14.1. The van der Waals surface area contributed by atoms with Gasteiger partial charge in [-0.3, -0.25) is 0 Å². The summed E-state index contributed by atoms with van der Waals surface area (Å²) in [6.07, 6.45) is 3.10. The largest absolute Gasteiger partial charge is 0.487 e. The first-order valence-electron chi connectivity index (χ1n) is 6.57. The van der Waals surface area contributed by atoms with Crippen LogP contribution < -0.4 is 4.74 Å². The fraction of sp³-hybridized carbons (Fsp3) is 0.533. The van der Waals surface area contributed by atoms with Gasteiger partial charge in [0.25, 0.3) is 0 Å². The van der Waals surface area contributed by atoms with E-state index in [0.717, 1.165) is 19.3 Å². The Balaban J connectivity index is 2.12. The molecular weight excluding hydrogens is 309 g/mol. The van der Waals surface area contributed by atoms with Gasteiger partial charge in [-0.15, -0.1) is 0 Å². The predicted octanol–water partition coefficient (Wildman–Crippen LogP) is 4.66. The van der Waals surface area contributed by atoms with E-state index in [0.29, 0.717) is 11.8 Å². The Kier molecular flexibility index (Phi) is 4.46. The number of ether oxygens (including phenoxy) is 1. The van der Waals surface area contributed by atoms with Crippen molar-refractivity contribution in [2.24, 2.45) is 11.8 Å². The van der Waals surface area contributed by atoms with Crippen LogP contribution >= 0.6 is 15.9 Å². The molecule has 1 aromatic rings. The van der Waals surface area contributed by atoms with Gasteiger partial charge in [0.1, 0.15) is 6.07 Å². The van der Waals surface area contributed by atoms with Crippen LogP contribution in [0.25, 0.3) is 0 Å². The molecule has 3 unspecified atom stereocenters. The Morgan fingerprint density at radius 3 is 2.68 bits per heavy atom. The summed E-state index contributed by atoms with van der Waals surface area (Å²) in [4.78, 5) is 0. The van der Waals surface area contributed by atoms with Crippen LogP contribution in [0.2, 0.25) is 0 Å². The highest BCUT2D eigenvalue weighted by atomic mass is 79.9. The Morgan fingerprint density at radius 1 is 1.32 bits per heavy atom. The van der Waals surface area contributed by atoms with Gasteiger partial charge in [0.15, 0.2) is 11.6 Å². The van der Waals surface area contributed by atoms with E-state index in [-0.39, 0.29) is 21.9 Å². The van der Waals surface area contributed by atoms with Crippen molar-refractivity contribution in [2.75, 3.05) is 0 Å². The normalized spacial score (nSPS) is 26.8. The molecule has 1 aromatic carbocycles. The summed E-state index contributed by atoms with van der Waals surface area (Å²) in [5.41, 5.74) is 0.287. The lowest BCUT2D eigenvalue weighted by molar-refractivity contribution is 0.0966. The average molecular weight is 326 g/mol. The zero-order chi connectivity index (χ0) is 14.0. The van der Waals surface area contributed by atoms with Crippen LogP contribution in [0.3, 0.4) is 0 Å². The van der Waals surface area contributed by atoms with Crippen molar-refractivity contribution in [1.82, 2.24) is 0 Å². The van der Waals surface area contributed by atoms with E-state index in [9.17, 15) is 4.39 Å². The molecule has 4 heteroatoms. The topological polar surface area (TPSA) is 33.0 Å². The van der Waals surface area contributed by atoms with Gasteiger partial charge >= 0.3 is 0 Å². The van der Waals surface area contributed by atoms with Crippen LogP contribution in [-0.4, -0.2) is 6.10 Å². The standard InChI is InChI=1S/C15H17BrFNO/c1-9-3-5-12(7-10(9)2)19-13-6-4-11(8-18)14(16)15(13)17/h4,6,9-10,12H,3,5,7H2,1-2H3. The van der Waals surface area contributed by atoms with Crippen LogP contribution in [-0.2, 0) is 0 Å². The third-order valence-corrected chi connectivity index (χ3v) is 4.79. The number of rotatable bonds is 2. The van der Waals surface area contributed by atoms with Gasteiger partial charge in [0.2, 0.25) is 0 Å². The smallest absolute Gasteiger partial charge is 0.180 e. The van der Waals surface area contributed by atoms with Crippen molar-refractivity contribution in [1.29, 1.82) is 5.26 Å². The fourth-order valence-electron chi connectivity index (χ4n) is 2.49. The molecule has 2 rings (SSSR count). The molecule has 0 spiro atoms. The summed E-state index contributed by atoms with van der Waals surface area (Å²) in [7, 11) is 0. The predicted molar refractivity (Wildman–Crippen MR) is 75.4 cm³/mol. The molecule has 0 bridgehead atoms. The van der Waals surface area contributed by atoms with Crippen LogP contribution in [0.15, 0.2) is 16.6 Å². The number of hydrogen-bond donors (Lipinski definition) is 0. The summed E-state index contributed by atoms with van der Waals surface area (Å²) < 4.78 is 20.0. The van der Waals surface area contributed by atoms with Crippen LogP contribution in [0, 0.1) is 29.0 Å². The van der Waals surface area contributed by atoms with Gasteiger partial charge < -0.3 is 4.74 Å². The van der Waals surface area contributed by atoms with Crippen molar-refractivity contribution < 1.29 is 9.13 Å². The van der Waals surface area contributed by atoms with E-state index in [2.05, 4.69) is 29.8 Å². The molecule has 0 saturated heterocycles. The van der Waals surface area contributed by atoms with E-state index in [4.69, 9.17) is 10.00 Å². The Bertz CT molecular complexity index is 512. The zero-order valence-electron chi connectivity index (χ0n) is 11.1. The number of halogens is 2. The SMILES string of the molecule is CC1CCC(Oc2ccc(C#N)c(Br)c2F)CC1C. The molecule has 0 heterocycles. The quantitative estimate of drug-likeness (QED) is 0.792. The van der Waals surface area contributed by atoms with Gasteiger partial charge in [0.05, 0.1) is 16.1 Å². The first kappa shape index (κ1) is 14.3. The van der Waals surface area contributed by atoms with Crippen molar-refractivity contribution in [3.63, 3.8) is 0 Å². The lowest BCUT2D eigenvalue weighted by Gasteiger charge is -2.32. The fourth-order valence-corrected chi connectivity index (χ4v) is 2.91. The molecule has 102 valence electrons. The molecule has 1 saturated carbocycles. The van der Waals surface area contributed by atoms with Crippen LogP contribution in [0.4, 0.5) is 4.39 Å². The third-order valence-electron chi connectivity index (χ3n) is 4.01. The molecule has 1 aliphatic carbocycles. The summed E-state index contributed by atoms with van der Waals surface area (Å²) in [6, 6.07) is 5.06. The van der Waals surface area contributed by atoms with E-state index in [1.807, 2.05) is 6.07 Å². The summed E-state index contributed by atoms with van der Waals surface area (Å²) >= 11 is 3.10. The summed E-state index contributed by atoms with van der Waals surface area (Å²) in [6.45, 7) is 4.46. The molecule has 19 heavy (non-hydrogen) atoms. The Hall–Kier alpha value is -1.08. The lowest BCUT2D eigenvalue weighted by atomic mass is 9.80. The van der Waals surface area contributed by atoms with Gasteiger partial charge in [-0.2, -0.15) is 5.26 Å². The number of benzene rings is 1. The number of hydrogen-bond acceptors (Lipinski definition) is 2. The zero-order valence-corrected chi connectivity index (χ0v) is 12.7. The van der Waals surface area contributed by atoms with Crippen molar-refractivity contribution in [3.8, 4) is 11.8 Å². The van der Waals surface area contributed by atoms with Crippen LogP contribution in [0.1, 0.15) is 38.7 Å². The minimum atomic E-state index is -0.481. The van der Waals surface area contributed by atoms with Gasteiger partial charge in [-0.05, 0) is 59.2 Å². The van der Waals surface area contributed by atoms with Crippen molar-refractivity contribution in [3.05, 3.63) is 28.0 Å². The maximum Gasteiger partial charge on any atom is 0.180 e. The molecule has 3 atom stereocenters. The molecule has 0 aliphatic heterocycles. The molecule has 1 fully saturated rings. The van der Waals surface area contributed by atoms with E-state index < -0.39 is 5.82 Å². The molecule has 0 radical (unpaired) electrons. The van der Waals surface area contributed by atoms with Crippen molar-refractivity contribution in [2.45, 2.75) is 39.2 Å². The Labute approximate surface area is 121 Å². The second kappa shape index (κ2) is 5.92. The average Bonchev–Trinajstić information content (AvgIpc) is 2.40. The monoisotopic (exact) mass is 325 g/mol. The molecule has 0 amide bonds. The van der Waals surface area contributed by atoms with Gasteiger partial charge in [0, 0.05) is 0 Å². The lowest BCUT2D eigenvalue weighted by Crippen LogP contribution is -2.29. The first-order valence-corrected chi connectivity index (χ1v) is 7.37. The van der Waals surface area contributed by atoms with Crippen molar-refractivity contribution >= 4 is 15.9 Å². The summed E-state index contributed by atoms with van der Waals surface area (Å²) in [5.74, 6) is 1.06. The Morgan fingerprint density at radius 2 is 2.05 bits per heavy atom. The molecule has 1 aliphatic rings. The van der Waals surface area contributed by atoms with E-state index >= 15 is 0 Å². The molecule has 2 nitrogen and oxygen atoms in total. The second-order valence-electron chi connectivity index (χ2n) is 5.36.